The number of nitrogens with one attached hydrogen (secondary N) is 1. The lowest BCUT2D eigenvalue weighted by atomic mass is 10.0. The van der Waals surface area contributed by atoms with Crippen LogP contribution in [0.2, 0.25) is 0 Å². The molecule has 29 heavy (non-hydrogen) atoms. The zero-order chi connectivity index (χ0) is 19.6. The Labute approximate surface area is 169 Å². The molecule has 6 nitrogen and oxygen atoms in total. The minimum absolute atomic E-state index is 0.0320. The molecule has 0 saturated heterocycles. The van der Waals surface area contributed by atoms with Gasteiger partial charge in [0.1, 0.15) is 13.2 Å². The first-order valence-corrected chi connectivity index (χ1v) is 9.79. The SMILES string of the molecule is O=C(c1cncc(Nc2ccc3c(c2)OCCO3)c1)N1CCCc2ccccc21. The Kier molecular flexibility index (Phi) is 4.52. The van der Waals surface area contributed by atoms with Gasteiger partial charge in [-0.25, -0.2) is 0 Å². The van der Waals surface area contributed by atoms with E-state index in [9.17, 15) is 4.79 Å². The quantitative estimate of drug-likeness (QED) is 0.730. The van der Waals surface area contributed by atoms with Crippen LogP contribution in [0, 0.1) is 0 Å². The molecule has 0 spiro atoms. The summed E-state index contributed by atoms with van der Waals surface area (Å²) in [5.74, 6) is 1.43. The molecule has 0 atom stereocenters. The summed E-state index contributed by atoms with van der Waals surface area (Å²) in [6, 6.07) is 15.6. The van der Waals surface area contributed by atoms with Gasteiger partial charge in [0.15, 0.2) is 11.5 Å². The van der Waals surface area contributed by atoms with E-state index in [1.807, 2.05) is 47.4 Å². The van der Waals surface area contributed by atoms with Crippen molar-refractivity contribution in [2.45, 2.75) is 12.8 Å². The van der Waals surface area contributed by atoms with Gasteiger partial charge in [-0.1, -0.05) is 18.2 Å². The first kappa shape index (κ1) is 17.6. The summed E-state index contributed by atoms with van der Waals surface area (Å²) in [6.45, 7) is 1.82. The van der Waals surface area contributed by atoms with Gasteiger partial charge in [-0.3, -0.25) is 9.78 Å². The minimum Gasteiger partial charge on any atom is -0.486 e. The molecule has 0 aliphatic carbocycles. The van der Waals surface area contributed by atoms with Gasteiger partial charge in [-0.15, -0.1) is 0 Å². The van der Waals surface area contributed by atoms with Crippen LogP contribution in [0.25, 0.3) is 0 Å². The highest BCUT2D eigenvalue weighted by Crippen LogP contribution is 2.34. The summed E-state index contributed by atoms with van der Waals surface area (Å²) in [7, 11) is 0. The molecule has 3 heterocycles. The topological polar surface area (TPSA) is 63.7 Å². The summed E-state index contributed by atoms with van der Waals surface area (Å²) in [4.78, 5) is 19.3. The van der Waals surface area contributed by atoms with E-state index < -0.39 is 0 Å². The van der Waals surface area contributed by atoms with E-state index in [1.165, 1.54) is 5.56 Å². The van der Waals surface area contributed by atoms with Crippen LogP contribution in [-0.4, -0.2) is 30.6 Å². The molecular formula is C23H21N3O3. The van der Waals surface area contributed by atoms with Crippen LogP contribution in [0.5, 0.6) is 11.5 Å². The van der Waals surface area contributed by atoms with Crippen LogP contribution in [0.4, 0.5) is 17.1 Å². The second kappa shape index (κ2) is 7.47. The number of fused-ring (bicyclic) bond motifs is 2. The van der Waals surface area contributed by atoms with Crippen LogP contribution in [-0.2, 0) is 6.42 Å². The van der Waals surface area contributed by atoms with Crippen molar-refractivity contribution < 1.29 is 14.3 Å². The van der Waals surface area contributed by atoms with Crippen LogP contribution >= 0.6 is 0 Å². The van der Waals surface area contributed by atoms with E-state index in [-0.39, 0.29) is 5.91 Å². The predicted octanol–water partition coefficient (Wildman–Crippen LogP) is 4.19. The largest absolute Gasteiger partial charge is 0.486 e. The maximum atomic E-state index is 13.2. The standard InChI is InChI=1S/C23H21N3O3/c27-23(26-9-3-5-16-4-1-2-6-20(16)26)17-12-19(15-24-14-17)25-18-7-8-21-22(13-18)29-11-10-28-21/h1-2,4,6-8,12-15,25H,3,5,9-11H2. The molecule has 1 aromatic heterocycles. The number of ether oxygens (including phenoxy) is 2. The second-order valence-corrected chi connectivity index (χ2v) is 7.13. The number of para-hydroxylation sites is 1. The van der Waals surface area contributed by atoms with Gasteiger partial charge in [0.25, 0.3) is 5.91 Å². The number of amides is 1. The number of carbonyl (C=O) groups is 1. The normalized spacial score (nSPS) is 14.8. The summed E-state index contributed by atoms with van der Waals surface area (Å²) in [5.41, 5.74) is 4.37. The molecule has 146 valence electrons. The molecule has 6 heteroatoms. The Morgan fingerprint density at radius 2 is 1.83 bits per heavy atom. The second-order valence-electron chi connectivity index (χ2n) is 7.13. The van der Waals surface area contributed by atoms with Crippen molar-refractivity contribution in [1.29, 1.82) is 0 Å². The Morgan fingerprint density at radius 3 is 2.76 bits per heavy atom. The van der Waals surface area contributed by atoms with Crippen molar-refractivity contribution in [2.24, 2.45) is 0 Å². The highest BCUT2D eigenvalue weighted by atomic mass is 16.6. The smallest absolute Gasteiger partial charge is 0.259 e. The summed E-state index contributed by atoms with van der Waals surface area (Å²) < 4.78 is 11.2. The van der Waals surface area contributed by atoms with Crippen LogP contribution in [0.15, 0.2) is 60.9 Å². The molecular weight excluding hydrogens is 366 g/mol. The monoisotopic (exact) mass is 387 g/mol. The van der Waals surface area contributed by atoms with Gasteiger partial charge in [-0.05, 0) is 42.7 Å². The molecule has 2 aliphatic rings. The predicted molar refractivity (Wildman–Crippen MR) is 111 cm³/mol. The third kappa shape index (κ3) is 3.49. The highest BCUT2D eigenvalue weighted by molar-refractivity contribution is 6.07. The first-order valence-electron chi connectivity index (χ1n) is 9.79. The van der Waals surface area contributed by atoms with Gasteiger partial charge in [-0.2, -0.15) is 0 Å². The number of aromatic nitrogens is 1. The molecule has 0 radical (unpaired) electrons. The maximum Gasteiger partial charge on any atom is 0.259 e. The van der Waals surface area contributed by atoms with Gasteiger partial charge >= 0.3 is 0 Å². The molecule has 2 aliphatic heterocycles. The fraction of sp³-hybridized carbons (Fsp3) is 0.217. The third-order valence-corrected chi connectivity index (χ3v) is 5.17. The Balaban J connectivity index is 1.38. The van der Waals surface area contributed by atoms with E-state index >= 15 is 0 Å². The number of pyridine rings is 1. The lowest BCUT2D eigenvalue weighted by Crippen LogP contribution is -2.35. The van der Waals surface area contributed by atoms with E-state index in [4.69, 9.17) is 9.47 Å². The molecule has 3 aromatic rings. The van der Waals surface area contributed by atoms with Gasteiger partial charge in [0, 0.05) is 30.2 Å². The fourth-order valence-corrected chi connectivity index (χ4v) is 3.81. The van der Waals surface area contributed by atoms with Crippen molar-refractivity contribution in [3.8, 4) is 11.5 Å². The van der Waals surface area contributed by atoms with Crippen LogP contribution in [0.1, 0.15) is 22.3 Å². The minimum atomic E-state index is -0.0320. The number of benzene rings is 2. The van der Waals surface area contributed by atoms with Crippen molar-refractivity contribution in [3.63, 3.8) is 0 Å². The number of hydrogen-bond acceptors (Lipinski definition) is 5. The molecule has 0 saturated carbocycles. The van der Waals surface area contributed by atoms with Crippen molar-refractivity contribution in [1.82, 2.24) is 4.98 Å². The van der Waals surface area contributed by atoms with Gasteiger partial charge in [0.05, 0.1) is 17.4 Å². The lowest BCUT2D eigenvalue weighted by Gasteiger charge is -2.29. The number of anilines is 3. The molecule has 1 N–H and O–H groups in total. The average Bonchev–Trinajstić information content (AvgIpc) is 2.78. The number of aryl methyl sites for hydroxylation is 1. The number of rotatable bonds is 3. The van der Waals surface area contributed by atoms with Gasteiger partial charge < -0.3 is 19.7 Å². The zero-order valence-electron chi connectivity index (χ0n) is 15.9. The molecule has 1 amide bonds. The zero-order valence-corrected chi connectivity index (χ0v) is 15.9. The van der Waals surface area contributed by atoms with Crippen LogP contribution in [0.3, 0.4) is 0 Å². The van der Waals surface area contributed by atoms with Gasteiger partial charge in [0.2, 0.25) is 0 Å². The average molecular weight is 387 g/mol. The summed E-state index contributed by atoms with van der Waals surface area (Å²) in [5, 5.41) is 3.30. The van der Waals surface area contributed by atoms with E-state index in [0.717, 1.165) is 42.2 Å². The first-order chi connectivity index (χ1) is 14.3. The Bertz CT molecular complexity index is 1070. The van der Waals surface area contributed by atoms with Crippen molar-refractivity contribution in [2.75, 3.05) is 30.0 Å². The Hall–Kier alpha value is -3.54. The molecule has 5 rings (SSSR count). The fourth-order valence-electron chi connectivity index (χ4n) is 3.81. The van der Waals surface area contributed by atoms with E-state index in [0.29, 0.717) is 24.5 Å². The number of carbonyl (C=O) groups excluding carboxylic acids is 1. The molecule has 0 unspecified atom stereocenters. The highest BCUT2D eigenvalue weighted by Gasteiger charge is 2.23. The number of hydrogen-bond donors (Lipinski definition) is 1. The lowest BCUT2D eigenvalue weighted by molar-refractivity contribution is 0.0985. The van der Waals surface area contributed by atoms with E-state index in [2.05, 4.69) is 16.4 Å². The number of nitrogens with zero attached hydrogens (tertiary/aromatic N) is 2. The van der Waals surface area contributed by atoms with Crippen LogP contribution < -0.4 is 19.7 Å². The molecule has 0 bridgehead atoms. The van der Waals surface area contributed by atoms with E-state index in [1.54, 1.807) is 12.4 Å². The van der Waals surface area contributed by atoms with Crippen molar-refractivity contribution >= 4 is 23.0 Å². The third-order valence-electron chi connectivity index (χ3n) is 5.17. The summed E-state index contributed by atoms with van der Waals surface area (Å²) in [6.07, 6.45) is 5.29. The molecule has 0 fully saturated rings. The summed E-state index contributed by atoms with van der Waals surface area (Å²) >= 11 is 0. The Morgan fingerprint density at radius 1 is 0.966 bits per heavy atom. The van der Waals surface area contributed by atoms with Crippen molar-refractivity contribution in [3.05, 3.63) is 72.1 Å². The maximum absolute atomic E-state index is 13.2. The molecule has 2 aromatic carbocycles.